The third-order valence-electron chi connectivity index (χ3n) is 3.94. The highest BCUT2D eigenvalue weighted by Crippen LogP contribution is 2.24. The van der Waals surface area contributed by atoms with E-state index in [0.29, 0.717) is 6.42 Å². The van der Waals surface area contributed by atoms with Crippen molar-refractivity contribution in [3.63, 3.8) is 0 Å². The number of hydrogen-bond acceptors (Lipinski definition) is 6. The van der Waals surface area contributed by atoms with Gasteiger partial charge in [-0.15, -0.1) is 0 Å². The highest BCUT2D eigenvalue weighted by atomic mass is 16.7. The van der Waals surface area contributed by atoms with Gasteiger partial charge in [0.25, 0.3) is 11.8 Å². The maximum atomic E-state index is 12.7. The molecule has 0 saturated heterocycles. The van der Waals surface area contributed by atoms with Gasteiger partial charge in [-0.25, -0.2) is 14.8 Å². The summed E-state index contributed by atoms with van der Waals surface area (Å²) in [5.41, 5.74) is 0.543. The number of nitrogens with one attached hydrogen (secondary N) is 1. The lowest BCUT2D eigenvalue weighted by Crippen LogP contribution is -2.52. The lowest BCUT2D eigenvalue weighted by Gasteiger charge is -2.28. The molecule has 0 atom stereocenters. The van der Waals surface area contributed by atoms with Gasteiger partial charge in [0.1, 0.15) is 6.33 Å². The standard InChI is InChI=1S/C17H19N5O4/c1-18-8-4-5-10-21(17(25)26-20-11-9-19-12-20)22-15(23)13-6-2-3-7-14(13)16(22)24/h2-3,6-7,9,11-12,18H,4-5,8,10H2,1H3. The van der Waals surface area contributed by atoms with Gasteiger partial charge >= 0.3 is 6.09 Å². The molecule has 9 heteroatoms. The molecule has 9 nitrogen and oxygen atoms in total. The van der Waals surface area contributed by atoms with E-state index in [1.54, 1.807) is 24.3 Å². The van der Waals surface area contributed by atoms with E-state index in [-0.39, 0.29) is 17.7 Å². The van der Waals surface area contributed by atoms with Crippen molar-refractivity contribution in [1.82, 2.24) is 25.0 Å². The normalized spacial score (nSPS) is 13.0. The van der Waals surface area contributed by atoms with E-state index in [0.717, 1.165) is 27.7 Å². The van der Waals surface area contributed by atoms with Crippen molar-refractivity contribution in [2.75, 3.05) is 20.1 Å². The Labute approximate surface area is 150 Å². The molecule has 1 N–H and O–H groups in total. The minimum Gasteiger partial charge on any atom is -0.320 e. The van der Waals surface area contributed by atoms with Crippen LogP contribution in [0.25, 0.3) is 0 Å². The Morgan fingerprint density at radius 2 is 1.88 bits per heavy atom. The summed E-state index contributed by atoms with van der Waals surface area (Å²) in [6.07, 6.45) is 4.73. The van der Waals surface area contributed by atoms with Crippen LogP contribution in [0.4, 0.5) is 4.79 Å². The fraction of sp³-hybridized carbons (Fsp3) is 0.294. The van der Waals surface area contributed by atoms with Crippen molar-refractivity contribution in [1.29, 1.82) is 0 Å². The van der Waals surface area contributed by atoms with Crippen LogP contribution in [0.3, 0.4) is 0 Å². The fourth-order valence-electron chi connectivity index (χ4n) is 2.67. The maximum absolute atomic E-state index is 12.7. The van der Waals surface area contributed by atoms with Crippen LogP contribution in [-0.2, 0) is 0 Å². The molecular weight excluding hydrogens is 338 g/mol. The Morgan fingerprint density at radius 3 is 2.46 bits per heavy atom. The molecule has 136 valence electrons. The second kappa shape index (κ2) is 7.79. The number of amides is 3. The number of hydrogen-bond donors (Lipinski definition) is 1. The number of aromatic nitrogens is 2. The van der Waals surface area contributed by atoms with Crippen molar-refractivity contribution < 1.29 is 19.2 Å². The van der Waals surface area contributed by atoms with Gasteiger partial charge in [0.15, 0.2) is 0 Å². The molecule has 0 saturated carbocycles. The minimum absolute atomic E-state index is 0.167. The van der Waals surface area contributed by atoms with Gasteiger partial charge in [-0.2, -0.15) is 9.74 Å². The van der Waals surface area contributed by atoms with E-state index in [1.165, 1.54) is 18.7 Å². The minimum atomic E-state index is -0.832. The topological polar surface area (TPSA) is 96.8 Å². The molecule has 0 bridgehead atoms. The molecule has 3 amide bonds. The average Bonchev–Trinajstić information content (AvgIpc) is 3.24. The first kappa shape index (κ1) is 17.6. The van der Waals surface area contributed by atoms with Gasteiger partial charge in [-0.05, 0) is 38.6 Å². The summed E-state index contributed by atoms with van der Waals surface area (Å²) in [5, 5.41) is 4.91. The highest BCUT2D eigenvalue weighted by molar-refractivity contribution is 6.21. The summed E-state index contributed by atoms with van der Waals surface area (Å²) in [4.78, 5) is 46.9. The number of imide groups is 1. The third kappa shape index (κ3) is 3.42. The predicted molar refractivity (Wildman–Crippen MR) is 91.0 cm³/mol. The molecule has 0 radical (unpaired) electrons. The maximum Gasteiger partial charge on any atom is 0.454 e. The van der Waals surface area contributed by atoms with Crippen molar-refractivity contribution in [2.45, 2.75) is 12.8 Å². The SMILES string of the molecule is CNCCCCN(C(=O)On1ccnc1)N1C(=O)c2ccccc2C1=O. The van der Waals surface area contributed by atoms with Crippen LogP contribution in [0.1, 0.15) is 33.6 Å². The molecule has 1 aliphatic rings. The molecule has 2 heterocycles. The molecule has 3 rings (SSSR count). The fourth-order valence-corrected chi connectivity index (χ4v) is 2.67. The largest absolute Gasteiger partial charge is 0.454 e. The Balaban J connectivity index is 1.82. The molecule has 0 spiro atoms. The van der Waals surface area contributed by atoms with Crippen LogP contribution in [0.15, 0.2) is 43.0 Å². The highest BCUT2D eigenvalue weighted by Gasteiger charge is 2.41. The number of nitrogens with zero attached hydrogens (tertiary/aromatic N) is 4. The molecule has 0 fully saturated rings. The van der Waals surface area contributed by atoms with Crippen LogP contribution in [-0.4, -0.2) is 57.8 Å². The van der Waals surface area contributed by atoms with E-state index < -0.39 is 17.9 Å². The number of imidazole rings is 1. The van der Waals surface area contributed by atoms with Crippen LogP contribution >= 0.6 is 0 Å². The summed E-state index contributed by atoms with van der Waals surface area (Å²) in [5.74, 6) is -1.08. The molecule has 2 aromatic rings. The average molecular weight is 357 g/mol. The Hall–Kier alpha value is -3.20. The van der Waals surface area contributed by atoms with Gasteiger partial charge in [0.2, 0.25) is 0 Å². The number of rotatable bonds is 7. The first-order chi connectivity index (χ1) is 12.6. The van der Waals surface area contributed by atoms with Crippen molar-refractivity contribution >= 4 is 17.9 Å². The number of unbranched alkanes of at least 4 members (excludes halogenated alkanes) is 1. The molecule has 26 heavy (non-hydrogen) atoms. The van der Waals surface area contributed by atoms with Crippen LogP contribution in [0, 0.1) is 0 Å². The van der Waals surface area contributed by atoms with E-state index in [1.807, 2.05) is 7.05 Å². The predicted octanol–water partition coefficient (Wildman–Crippen LogP) is 0.944. The second-order valence-corrected chi connectivity index (χ2v) is 5.68. The summed E-state index contributed by atoms with van der Waals surface area (Å²) in [6.45, 7) is 0.924. The summed E-state index contributed by atoms with van der Waals surface area (Å²) >= 11 is 0. The zero-order valence-corrected chi connectivity index (χ0v) is 14.3. The van der Waals surface area contributed by atoms with Gasteiger partial charge in [-0.1, -0.05) is 12.1 Å². The van der Waals surface area contributed by atoms with Crippen molar-refractivity contribution in [3.8, 4) is 0 Å². The van der Waals surface area contributed by atoms with Crippen LogP contribution in [0.5, 0.6) is 0 Å². The van der Waals surface area contributed by atoms with E-state index in [4.69, 9.17) is 4.84 Å². The van der Waals surface area contributed by atoms with E-state index in [9.17, 15) is 14.4 Å². The first-order valence-electron chi connectivity index (χ1n) is 8.23. The van der Waals surface area contributed by atoms with Gasteiger partial charge in [0, 0.05) is 12.7 Å². The Kier molecular flexibility index (Phi) is 5.28. The lowest BCUT2D eigenvalue weighted by atomic mass is 10.1. The number of hydrazine groups is 1. The van der Waals surface area contributed by atoms with Gasteiger partial charge in [-0.3, -0.25) is 9.59 Å². The molecule has 1 aliphatic heterocycles. The number of benzene rings is 1. The summed E-state index contributed by atoms with van der Waals surface area (Å²) in [6, 6.07) is 6.48. The second-order valence-electron chi connectivity index (χ2n) is 5.68. The van der Waals surface area contributed by atoms with Gasteiger partial charge < -0.3 is 10.2 Å². The van der Waals surface area contributed by atoms with E-state index in [2.05, 4.69) is 10.3 Å². The zero-order valence-electron chi connectivity index (χ0n) is 14.3. The van der Waals surface area contributed by atoms with Crippen molar-refractivity contribution in [3.05, 3.63) is 54.1 Å². The van der Waals surface area contributed by atoms with Crippen molar-refractivity contribution in [2.24, 2.45) is 0 Å². The smallest absolute Gasteiger partial charge is 0.320 e. The molecule has 0 aliphatic carbocycles. The quantitative estimate of drug-likeness (QED) is 0.585. The van der Waals surface area contributed by atoms with Crippen LogP contribution < -0.4 is 10.2 Å². The monoisotopic (exact) mass is 357 g/mol. The number of fused-ring (bicyclic) bond motifs is 1. The molecule has 0 unspecified atom stereocenters. The molecule has 1 aromatic carbocycles. The summed E-state index contributed by atoms with van der Waals surface area (Å²) < 4.78 is 1.11. The number of carbonyl (C=O) groups excluding carboxylic acids is 3. The Morgan fingerprint density at radius 1 is 1.19 bits per heavy atom. The molecular formula is C17H19N5O4. The zero-order chi connectivity index (χ0) is 18.5. The Bertz CT molecular complexity index is 770. The summed E-state index contributed by atoms with van der Waals surface area (Å²) in [7, 11) is 1.83. The van der Waals surface area contributed by atoms with E-state index >= 15 is 0 Å². The van der Waals surface area contributed by atoms with Gasteiger partial charge in [0.05, 0.1) is 17.3 Å². The molecule has 1 aromatic heterocycles. The third-order valence-corrected chi connectivity index (χ3v) is 3.94. The lowest BCUT2D eigenvalue weighted by molar-refractivity contribution is -0.00502. The van der Waals surface area contributed by atoms with Crippen LogP contribution in [0.2, 0.25) is 0 Å². The number of carbonyl (C=O) groups is 3. The first-order valence-corrected chi connectivity index (χ1v) is 8.23.